The van der Waals surface area contributed by atoms with Gasteiger partial charge in [-0.1, -0.05) is 29.5 Å². The number of benzene rings is 1. The third-order valence-electron chi connectivity index (χ3n) is 1.88. The summed E-state index contributed by atoms with van der Waals surface area (Å²) in [6.45, 7) is 0.908. The maximum absolute atomic E-state index is 5.61. The van der Waals surface area contributed by atoms with Gasteiger partial charge >= 0.3 is 0 Å². The summed E-state index contributed by atoms with van der Waals surface area (Å²) in [7, 11) is 0. The number of halogens is 1. The van der Waals surface area contributed by atoms with Gasteiger partial charge in [0.2, 0.25) is 0 Å². The Morgan fingerprint density at radius 3 is 2.53 bits per heavy atom. The van der Waals surface area contributed by atoms with Gasteiger partial charge in [0.1, 0.15) is 24.0 Å². The Hall–Kier alpha value is -1.33. The standard InChI is InChI=1S/C11H11ClN2O2S/c12-8-10-13-14-11(17-10)16-7-6-15-9-4-2-1-3-5-9/h1-5H,6-8H2. The van der Waals surface area contributed by atoms with Crippen molar-refractivity contribution in [3.05, 3.63) is 35.3 Å². The number of ether oxygens (including phenoxy) is 2. The predicted molar refractivity (Wildman–Crippen MR) is 66.9 cm³/mol. The predicted octanol–water partition coefficient (Wildman–Crippen LogP) is 2.73. The molecule has 4 nitrogen and oxygen atoms in total. The Bertz CT molecular complexity index is 450. The summed E-state index contributed by atoms with van der Waals surface area (Å²) < 4.78 is 10.8. The van der Waals surface area contributed by atoms with Crippen LogP contribution in [0.1, 0.15) is 5.01 Å². The molecule has 1 aromatic carbocycles. The highest BCUT2D eigenvalue weighted by atomic mass is 35.5. The smallest absolute Gasteiger partial charge is 0.294 e. The zero-order valence-electron chi connectivity index (χ0n) is 9.01. The van der Waals surface area contributed by atoms with Crippen molar-refractivity contribution >= 4 is 22.9 Å². The first kappa shape index (κ1) is 12.1. The number of nitrogens with zero attached hydrogens (tertiary/aromatic N) is 2. The lowest BCUT2D eigenvalue weighted by Gasteiger charge is -2.05. The third kappa shape index (κ3) is 3.87. The molecule has 0 aliphatic heterocycles. The molecular formula is C11H11ClN2O2S. The van der Waals surface area contributed by atoms with Crippen LogP contribution in [0.15, 0.2) is 30.3 Å². The molecule has 0 aliphatic rings. The molecule has 17 heavy (non-hydrogen) atoms. The maximum atomic E-state index is 5.61. The molecule has 0 saturated heterocycles. The van der Waals surface area contributed by atoms with E-state index in [0.717, 1.165) is 10.8 Å². The summed E-state index contributed by atoms with van der Waals surface area (Å²) in [5, 5.41) is 8.96. The first-order valence-corrected chi connectivity index (χ1v) is 6.42. The summed E-state index contributed by atoms with van der Waals surface area (Å²) in [4.78, 5) is 0. The fourth-order valence-electron chi connectivity index (χ4n) is 1.16. The molecule has 0 aliphatic carbocycles. The van der Waals surface area contributed by atoms with Crippen molar-refractivity contribution in [3.8, 4) is 10.9 Å². The van der Waals surface area contributed by atoms with Crippen LogP contribution < -0.4 is 9.47 Å². The number of hydrogen-bond acceptors (Lipinski definition) is 5. The van der Waals surface area contributed by atoms with E-state index >= 15 is 0 Å². The molecule has 0 amide bonds. The van der Waals surface area contributed by atoms with Crippen molar-refractivity contribution in [2.75, 3.05) is 13.2 Å². The number of hydrogen-bond donors (Lipinski definition) is 0. The van der Waals surface area contributed by atoms with E-state index in [0.29, 0.717) is 24.3 Å². The number of para-hydroxylation sites is 1. The van der Waals surface area contributed by atoms with E-state index in [4.69, 9.17) is 21.1 Å². The van der Waals surface area contributed by atoms with Crippen molar-refractivity contribution in [1.29, 1.82) is 0 Å². The summed E-state index contributed by atoms with van der Waals surface area (Å²) >= 11 is 6.96. The van der Waals surface area contributed by atoms with Gasteiger partial charge in [-0.3, -0.25) is 0 Å². The average Bonchev–Trinajstić information content (AvgIpc) is 2.84. The Balaban J connectivity index is 1.69. The van der Waals surface area contributed by atoms with E-state index in [1.54, 1.807) is 0 Å². The van der Waals surface area contributed by atoms with Crippen LogP contribution in [-0.4, -0.2) is 23.4 Å². The van der Waals surface area contributed by atoms with E-state index < -0.39 is 0 Å². The summed E-state index contributed by atoms with van der Waals surface area (Å²) in [5.41, 5.74) is 0. The number of rotatable bonds is 6. The van der Waals surface area contributed by atoms with Gasteiger partial charge in [-0.15, -0.1) is 21.8 Å². The monoisotopic (exact) mass is 270 g/mol. The van der Waals surface area contributed by atoms with Gasteiger partial charge in [0, 0.05) is 0 Å². The summed E-state index contributed by atoms with van der Waals surface area (Å²) in [5.74, 6) is 1.19. The highest BCUT2D eigenvalue weighted by Gasteiger charge is 2.03. The van der Waals surface area contributed by atoms with E-state index in [1.807, 2.05) is 30.3 Å². The third-order valence-corrected chi connectivity index (χ3v) is 3.13. The largest absolute Gasteiger partial charge is 0.490 e. The Morgan fingerprint density at radius 2 is 1.82 bits per heavy atom. The van der Waals surface area contributed by atoms with Crippen LogP contribution in [0.2, 0.25) is 0 Å². The molecule has 90 valence electrons. The molecule has 0 fully saturated rings. The highest BCUT2D eigenvalue weighted by Crippen LogP contribution is 2.18. The van der Waals surface area contributed by atoms with Gasteiger partial charge in [0.25, 0.3) is 5.19 Å². The molecule has 6 heteroatoms. The molecule has 0 unspecified atom stereocenters. The lowest BCUT2D eigenvalue weighted by molar-refractivity contribution is 0.215. The minimum Gasteiger partial charge on any atom is -0.490 e. The van der Waals surface area contributed by atoms with Crippen molar-refractivity contribution in [2.24, 2.45) is 0 Å². The molecule has 0 saturated carbocycles. The fraction of sp³-hybridized carbons (Fsp3) is 0.273. The minimum absolute atomic E-state index is 0.363. The van der Waals surface area contributed by atoms with Crippen LogP contribution in [0.3, 0.4) is 0 Å². The van der Waals surface area contributed by atoms with Crippen LogP contribution in [0.5, 0.6) is 10.9 Å². The summed E-state index contributed by atoms with van der Waals surface area (Å²) in [6, 6.07) is 9.59. The zero-order chi connectivity index (χ0) is 11.9. The van der Waals surface area contributed by atoms with Crippen LogP contribution in [-0.2, 0) is 5.88 Å². The minimum atomic E-state index is 0.363. The molecule has 1 aromatic heterocycles. The molecule has 0 bridgehead atoms. The van der Waals surface area contributed by atoms with E-state index in [2.05, 4.69) is 10.2 Å². The second kappa shape index (κ2) is 6.42. The lowest BCUT2D eigenvalue weighted by Crippen LogP contribution is -2.08. The van der Waals surface area contributed by atoms with E-state index in [1.165, 1.54) is 11.3 Å². The molecule has 0 N–H and O–H groups in total. The zero-order valence-corrected chi connectivity index (χ0v) is 10.6. The molecule has 0 radical (unpaired) electrons. The van der Waals surface area contributed by atoms with Crippen molar-refractivity contribution in [2.45, 2.75) is 5.88 Å². The van der Waals surface area contributed by atoms with Crippen LogP contribution >= 0.6 is 22.9 Å². The van der Waals surface area contributed by atoms with Crippen molar-refractivity contribution in [3.63, 3.8) is 0 Å². The topological polar surface area (TPSA) is 44.2 Å². The summed E-state index contributed by atoms with van der Waals surface area (Å²) in [6.07, 6.45) is 0. The molecular weight excluding hydrogens is 260 g/mol. The first-order chi connectivity index (χ1) is 8.38. The lowest BCUT2D eigenvalue weighted by atomic mass is 10.3. The van der Waals surface area contributed by atoms with Crippen LogP contribution in [0.4, 0.5) is 0 Å². The van der Waals surface area contributed by atoms with E-state index in [9.17, 15) is 0 Å². The van der Waals surface area contributed by atoms with Gasteiger partial charge in [-0.25, -0.2) is 0 Å². The quantitative estimate of drug-likeness (QED) is 0.598. The molecule has 0 spiro atoms. The van der Waals surface area contributed by atoms with Gasteiger partial charge < -0.3 is 9.47 Å². The van der Waals surface area contributed by atoms with Crippen LogP contribution in [0, 0.1) is 0 Å². The van der Waals surface area contributed by atoms with Crippen LogP contribution in [0.25, 0.3) is 0 Å². The Morgan fingerprint density at radius 1 is 1.06 bits per heavy atom. The van der Waals surface area contributed by atoms with E-state index in [-0.39, 0.29) is 0 Å². The number of aromatic nitrogens is 2. The van der Waals surface area contributed by atoms with Gasteiger partial charge in [0.05, 0.1) is 5.88 Å². The second-order valence-corrected chi connectivity index (χ2v) is 4.40. The van der Waals surface area contributed by atoms with Gasteiger partial charge in [-0.05, 0) is 12.1 Å². The first-order valence-electron chi connectivity index (χ1n) is 5.07. The molecule has 1 heterocycles. The second-order valence-electron chi connectivity index (χ2n) is 3.11. The molecule has 0 atom stereocenters. The van der Waals surface area contributed by atoms with Crippen molar-refractivity contribution in [1.82, 2.24) is 10.2 Å². The highest BCUT2D eigenvalue weighted by molar-refractivity contribution is 7.13. The fourth-order valence-corrected chi connectivity index (χ4v) is 1.93. The maximum Gasteiger partial charge on any atom is 0.294 e. The number of alkyl halides is 1. The average molecular weight is 271 g/mol. The van der Waals surface area contributed by atoms with Gasteiger partial charge in [0.15, 0.2) is 0 Å². The SMILES string of the molecule is ClCc1nnc(OCCOc2ccccc2)s1. The molecule has 2 aromatic rings. The van der Waals surface area contributed by atoms with Gasteiger partial charge in [-0.2, -0.15) is 0 Å². The Kier molecular flexibility index (Phi) is 4.58. The molecule has 2 rings (SSSR count). The van der Waals surface area contributed by atoms with Crippen molar-refractivity contribution < 1.29 is 9.47 Å². The Labute approximate surface area is 108 Å². The normalized spacial score (nSPS) is 10.2.